The maximum Gasteiger partial charge on any atom is 0.202 e. The smallest absolute Gasteiger partial charge is 0.202 e. The fraction of sp³-hybridized carbons (Fsp3) is 0.484. The Labute approximate surface area is 248 Å². The topological polar surface area (TPSA) is 175 Å². The first-order valence-corrected chi connectivity index (χ1v) is 14.1. The molecule has 6 unspecified atom stereocenters. The van der Waals surface area contributed by atoms with E-state index in [0.717, 1.165) is 0 Å². The number of aliphatic hydroxyl groups is 2. The Morgan fingerprint density at radius 2 is 1.86 bits per heavy atom. The number of hydrogen-bond acceptors (Lipinski definition) is 11. The number of phenolic OH excluding ortho intramolecular Hbond substituents is 2. The second kappa shape index (κ2) is 11.3. The molecule has 12 nitrogen and oxygen atoms in total. The zero-order chi connectivity index (χ0) is 31.4. The molecular formula is C31H36N2O10. The van der Waals surface area contributed by atoms with Gasteiger partial charge in [-0.15, -0.1) is 0 Å². The molecule has 230 valence electrons. The Kier molecular flexibility index (Phi) is 8.07. The second-order valence-corrected chi connectivity index (χ2v) is 11.5. The van der Waals surface area contributed by atoms with Crippen LogP contribution in [0.1, 0.15) is 82.2 Å². The molecule has 1 aliphatic heterocycles. The number of ketones is 3. The molecule has 0 radical (unpaired) electrons. The number of rotatable bonds is 7. The Bertz CT molecular complexity index is 1520. The molecule has 0 saturated carbocycles. The molecule has 0 amide bonds. The van der Waals surface area contributed by atoms with E-state index in [1.54, 1.807) is 39.2 Å². The zero-order valence-electron chi connectivity index (χ0n) is 24.7. The second-order valence-electron chi connectivity index (χ2n) is 11.5. The van der Waals surface area contributed by atoms with E-state index in [9.17, 15) is 34.8 Å². The van der Waals surface area contributed by atoms with Crippen LogP contribution in [-0.2, 0) is 20.7 Å². The zero-order valence-corrected chi connectivity index (χ0v) is 24.7. The van der Waals surface area contributed by atoms with Crippen molar-refractivity contribution in [2.45, 2.75) is 75.8 Å². The minimum atomic E-state index is -2.00. The van der Waals surface area contributed by atoms with Crippen molar-refractivity contribution in [1.29, 1.82) is 0 Å². The molecular weight excluding hydrogens is 560 g/mol. The number of carbonyl (C=O) groups is 3. The summed E-state index contributed by atoms with van der Waals surface area (Å²) in [7, 11) is 4.92. The van der Waals surface area contributed by atoms with Gasteiger partial charge in [0.15, 0.2) is 17.9 Å². The SMILES string of the molecule is CCC(=O)C1(O)Cc2c(O)c3c(c(O)c2C(OC2CC(N=CN(C)C)C(O)C(C)O2)C1)C(=O)c1c(OC)cccc1C3=O. The first-order chi connectivity index (χ1) is 20.3. The first-order valence-electron chi connectivity index (χ1n) is 14.1. The highest BCUT2D eigenvalue weighted by Crippen LogP contribution is 2.52. The third kappa shape index (κ3) is 5.07. The molecule has 2 aromatic carbocycles. The van der Waals surface area contributed by atoms with Crippen molar-refractivity contribution >= 4 is 23.7 Å². The molecule has 1 heterocycles. The molecule has 3 aliphatic rings. The average Bonchev–Trinajstić information content (AvgIpc) is 2.97. The van der Waals surface area contributed by atoms with Gasteiger partial charge in [-0.25, -0.2) is 0 Å². The highest BCUT2D eigenvalue weighted by molar-refractivity contribution is 6.31. The third-order valence-electron chi connectivity index (χ3n) is 8.40. The predicted molar refractivity (Wildman–Crippen MR) is 153 cm³/mol. The van der Waals surface area contributed by atoms with Crippen molar-refractivity contribution in [2.24, 2.45) is 4.99 Å². The molecule has 6 atom stereocenters. The van der Waals surface area contributed by atoms with Gasteiger partial charge in [0.1, 0.15) is 29.0 Å². The van der Waals surface area contributed by atoms with Crippen LogP contribution in [0.3, 0.4) is 0 Å². The lowest BCUT2D eigenvalue weighted by atomic mass is 9.71. The van der Waals surface area contributed by atoms with Gasteiger partial charge >= 0.3 is 0 Å². The van der Waals surface area contributed by atoms with Gasteiger partial charge in [0.05, 0.1) is 48.4 Å². The molecule has 43 heavy (non-hydrogen) atoms. The summed E-state index contributed by atoms with van der Waals surface area (Å²) in [5, 5.41) is 45.4. The summed E-state index contributed by atoms with van der Waals surface area (Å²) in [5.41, 5.74) is -3.00. The summed E-state index contributed by atoms with van der Waals surface area (Å²) in [6.45, 7) is 3.24. The highest BCUT2D eigenvalue weighted by atomic mass is 16.7. The van der Waals surface area contributed by atoms with Crippen LogP contribution in [0.2, 0.25) is 0 Å². The molecule has 0 spiro atoms. The molecule has 2 aromatic rings. The van der Waals surface area contributed by atoms with Crippen molar-refractivity contribution in [2.75, 3.05) is 21.2 Å². The molecule has 2 aliphatic carbocycles. The minimum Gasteiger partial charge on any atom is -0.507 e. The number of Topliss-reactive ketones (excluding diaryl/α,β-unsaturated/α-hetero) is 1. The number of benzene rings is 2. The van der Waals surface area contributed by atoms with E-state index in [4.69, 9.17) is 14.2 Å². The largest absolute Gasteiger partial charge is 0.507 e. The van der Waals surface area contributed by atoms with Crippen molar-refractivity contribution in [1.82, 2.24) is 4.90 Å². The van der Waals surface area contributed by atoms with Crippen LogP contribution in [0.25, 0.3) is 0 Å². The number of carbonyl (C=O) groups excluding carboxylic acids is 3. The van der Waals surface area contributed by atoms with Crippen LogP contribution in [-0.4, -0.2) is 100 Å². The number of aromatic hydroxyl groups is 2. The molecule has 0 aromatic heterocycles. The van der Waals surface area contributed by atoms with Crippen LogP contribution >= 0.6 is 0 Å². The number of hydrogen-bond donors (Lipinski definition) is 4. The van der Waals surface area contributed by atoms with Crippen molar-refractivity contribution in [3.05, 3.63) is 51.6 Å². The van der Waals surface area contributed by atoms with E-state index in [-0.39, 0.29) is 47.3 Å². The van der Waals surface area contributed by atoms with Crippen molar-refractivity contribution in [3.8, 4) is 17.2 Å². The predicted octanol–water partition coefficient (Wildman–Crippen LogP) is 2.05. The van der Waals surface area contributed by atoms with Crippen LogP contribution in [0, 0.1) is 0 Å². The maximum atomic E-state index is 13.8. The lowest BCUT2D eigenvalue weighted by Crippen LogP contribution is -2.49. The van der Waals surface area contributed by atoms with Gasteiger partial charge in [-0.05, 0) is 13.0 Å². The number of phenols is 2. The summed E-state index contributed by atoms with van der Waals surface area (Å²) in [4.78, 5) is 46.6. The number of methoxy groups -OCH3 is 1. The van der Waals surface area contributed by atoms with Gasteiger partial charge in [-0.2, -0.15) is 0 Å². The summed E-state index contributed by atoms with van der Waals surface area (Å²) >= 11 is 0. The van der Waals surface area contributed by atoms with E-state index < -0.39 is 82.6 Å². The molecule has 4 N–H and O–H groups in total. The number of aliphatic hydroxyl groups excluding tert-OH is 1. The van der Waals surface area contributed by atoms with Gasteiger partial charge in [-0.3, -0.25) is 19.4 Å². The first kappa shape index (κ1) is 30.6. The Morgan fingerprint density at radius 3 is 2.51 bits per heavy atom. The lowest BCUT2D eigenvalue weighted by molar-refractivity contribution is -0.247. The van der Waals surface area contributed by atoms with E-state index in [1.807, 2.05) is 0 Å². The quantitative estimate of drug-likeness (QED) is 0.178. The number of ether oxygens (including phenoxy) is 3. The third-order valence-corrected chi connectivity index (χ3v) is 8.40. The minimum absolute atomic E-state index is 0.0116. The van der Waals surface area contributed by atoms with E-state index in [1.165, 1.54) is 25.3 Å². The number of fused-ring (bicyclic) bond motifs is 3. The van der Waals surface area contributed by atoms with Gasteiger partial charge in [0, 0.05) is 56.5 Å². The fourth-order valence-electron chi connectivity index (χ4n) is 6.24. The Balaban J connectivity index is 1.64. The van der Waals surface area contributed by atoms with Crippen LogP contribution in [0.4, 0.5) is 0 Å². The summed E-state index contributed by atoms with van der Waals surface area (Å²) in [6.07, 6.45) is -2.97. The van der Waals surface area contributed by atoms with Gasteiger partial charge < -0.3 is 39.5 Å². The molecule has 1 saturated heterocycles. The van der Waals surface area contributed by atoms with Gasteiger partial charge in [0.25, 0.3) is 0 Å². The van der Waals surface area contributed by atoms with Crippen molar-refractivity contribution < 1.29 is 49.0 Å². The standard InChI is InChI=1S/C31H36N2O10/c1-6-20(34)31(40)11-16-23(19(12-31)43-21-10-17(32-13-33(3)4)26(35)14(2)42-21)30(39)25-24(28(16)37)27(36)15-8-7-9-18(41-5)22(15)29(25)38/h7-9,13-14,17,19,21,26,35,37,39-40H,6,10-12H2,1-5H3. The fourth-order valence-corrected chi connectivity index (χ4v) is 6.24. The summed E-state index contributed by atoms with van der Waals surface area (Å²) in [6, 6.07) is 3.86. The average molecular weight is 597 g/mol. The van der Waals surface area contributed by atoms with Gasteiger partial charge in [-0.1, -0.05) is 19.1 Å². The van der Waals surface area contributed by atoms with Crippen LogP contribution in [0.15, 0.2) is 23.2 Å². The van der Waals surface area contributed by atoms with Crippen molar-refractivity contribution in [3.63, 3.8) is 0 Å². The summed E-state index contributed by atoms with van der Waals surface area (Å²) < 4.78 is 17.5. The number of aliphatic imine (C=N–C) groups is 1. The monoisotopic (exact) mass is 596 g/mol. The van der Waals surface area contributed by atoms with E-state index >= 15 is 0 Å². The van der Waals surface area contributed by atoms with E-state index in [2.05, 4.69) is 4.99 Å². The molecule has 12 heteroatoms. The highest BCUT2D eigenvalue weighted by Gasteiger charge is 2.50. The van der Waals surface area contributed by atoms with Crippen LogP contribution in [0.5, 0.6) is 17.2 Å². The lowest BCUT2D eigenvalue weighted by Gasteiger charge is -2.42. The molecule has 5 rings (SSSR count). The van der Waals surface area contributed by atoms with E-state index in [0.29, 0.717) is 0 Å². The Hall–Kier alpha value is -3.84. The molecule has 0 bridgehead atoms. The maximum absolute atomic E-state index is 13.8. The van der Waals surface area contributed by atoms with Crippen LogP contribution < -0.4 is 4.74 Å². The number of nitrogens with zero attached hydrogens (tertiary/aromatic N) is 2. The molecule has 1 fully saturated rings. The normalized spacial score (nSPS) is 28.3. The summed E-state index contributed by atoms with van der Waals surface area (Å²) in [5.74, 6) is -3.06. The van der Waals surface area contributed by atoms with Gasteiger partial charge in [0.2, 0.25) is 5.78 Å². The Morgan fingerprint density at radius 1 is 1.16 bits per heavy atom.